The molecule has 0 aliphatic carbocycles. The molecule has 0 spiro atoms. The van der Waals surface area contributed by atoms with Gasteiger partial charge in [0.05, 0.1) is 26.2 Å². The van der Waals surface area contributed by atoms with Crippen molar-refractivity contribution in [3.05, 3.63) is 35.9 Å². The fourth-order valence-electron chi connectivity index (χ4n) is 1.90. The molecular weight excluding hydrogens is 317 g/mol. The molecule has 0 saturated heterocycles. The van der Waals surface area contributed by atoms with Gasteiger partial charge in [-0.15, -0.1) is 0 Å². The van der Waals surface area contributed by atoms with Crippen molar-refractivity contribution in [3.63, 3.8) is 0 Å². The Bertz CT molecular complexity index is 274. The minimum absolute atomic E-state index is 0. The van der Waals surface area contributed by atoms with E-state index in [1.807, 2.05) is 0 Å². The Morgan fingerprint density at radius 2 is 1.35 bits per heavy atom. The van der Waals surface area contributed by atoms with E-state index >= 15 is 0 Å². The van der Waals surface area contributed by atoms with E-state index in [2.05, 4.69) is 46.7 Å². The zero-order chi connectivity index (χ0) is 12.2. The van der Waals surface area contributed by atoms with Crippen LogP contribution in [0.5, 0.6) is 0 Å². The van der Waals surface area contributed by atoms with Gasteiger partial charge in [0.1, 0.15) is 6.54 Å². The zero-order valence-corrected chi connectivity index (χ0v) is 14.3. The third kappa shape index (κ3) is 14.4. The van der Waals surface area contributed by atoms with E-state index in [4.69, 9.17) is 0 Å². The fraction of sp³-hybridized carbons (Fsp3) is 0.571. The Labute approximate surface area is 141 Å². The van der Waals surface area contributed by atoms with E-state index < -0.39 is 0 Å². The molecule has 0 radical (unpaired) electrons. The molecule has 1 aromatic rings. The molecule has 0 unspecified atom stereocenters. The number of quaternary nitrogens is 3. The topological polar surface area (TPSA) is 60.9 Å². The molecule has 20 heavy (non-hydrogen) atoms. The van der Waals surface area contributed by atoms with Crippen molar-refractivity contribution in [3.8, 4) is 0 Å². The van der Waals surface area contributed by atoms with Gasteiger partial charge in [-0.05, 0) is 0 Å². The Morgan fingerprint density at radius 3 is 2.00 bits per heavy atom. The predicted molar refractivity (Wildman–Crippen MR) is 70.2 cm³/mol. The summed E-state index contributed by atoms with van der Waals surface area (Å²) in [6, 6.07) is 10.7. The van der Waals surface area contributed by atoms with Gasteiger partial charge < -0.3 is 53.6 Å². The molecule has 0 bridgehead atoms. The van der Waals surface area contributed by atoms with Crippen molar-refractivity contribution >= 4 is 0 Å². The number of halogens is 3. The quantitative estimate of drug-likeness (QED) is 0.353. The average molecular weight is 345 g/mol. The monoisotopic (exact) mass is 343 g/mol. The highest BCUT2D eigenvalue weighted by atomic mass is 35.5. The van der Waals surface area contributed by atoms with Gasteiger partial charge in [-0.3, -0.25) is 0 Å². The first-order chi connectivity index (χ1) is 8.43. The van der Waals surface area contributed by atoms with Gasteiger partial charge in [-0.2, -0.15) is 0 Å². The molecule has 1 aromatic carbocycles. The SMILES string of the molecule is [Cl-].[Cl-].[Cl-].[NH3+]CCCC[NH2+]CCC[NH2+]Cc1ccccc1. The highest BCUT2D eigenvalue weighted by molar-refractivity contribution is 5.12. The Balaban J connectivity index is -0.000000963. The zero-order valence-electron chi connectivity index (χ0n) is 12.0. The van der Waals surface area contributed by atoms with Crippen LogP contribution in [0.2, 0.25) is 0 Å². The maximum Gasteiger partial charge on any atom is 0.101 e. The summed E-state index contributed by atoms with van der Waals surface area (Å²) in [5.74, 6) is 0. The van der Waals surface area contributed by atoms with Gasteiger partial charge in [-0.1, -0.05) is 30.3 Å². The molecule has 0 aromatic heterocycles. The fourth-order valence-corrected chi connectivity index (χ4v) is 1.90. The maximum atomic E-state index is 3.85. The summed E-state index contributed by atoms with van der Waals surface area (Å²) in [5.41, 5.74) is 5.28. The molecular formula is C14H28Cl3N3. The third-order valence-corrected chi connectivity index (χ3v) is 2.95. The van der Waals surface area contributed by atoms with Crippen molar-refractivity contribution in [1.82, 2.24) is 0 Å². The number of unbranched alkanes of at least 4 members (excludes halogenated alkanes) is 1. The van der Waals surface area contributed by atoms with Crippen molar-refractivity contribution in [2.45, 2.75) is 25.8 Å². The first-order valence-electron chi connectivity index (χ1n) is 6.90. The summed E-state index contributed by atoms with van der Waals surface area (Å²) in [6.07, 6.45) is 3.89. The van der Waals surface area contributed by atoms with Crippen LogP contribution in [0.3, 0.4) is 0 Å². The minimum Gasteiger partial charge on any atom is -1.00 e. The van der Waals surface area contributed by atoms with Crippen LogP contribution in [0.4, 0.5) is 0 Å². The molecule has 0 heterocycles. The van der Waals surface area contributed by atoms with Crippen molar-refractivity contribution in [1.29, 1.82) is 0 Å². The molecule has 120 valence electrons. The van der Waals surface area contributed by atoms with Gasteiger partial charge in [0.2, 0.25) is 0 Å². The Morgan fingerprint density at radius 1 is 0.750 bits per heavy atom. The Kier molecular flexibility index (Phi) is 23.7. The second-order valence-corrected chi connectivity index (χ2v) is 4.55. The van der Waals surface area contributed by atoms with Crippen LogP contribution in [0.1, 0.15) is 24.8 Å². The van der Waals surface area contributed by atoms with Crippen molar-refractivity contribution < 1.29 is 53.6 Å². The number of hydrogen-bond donors (Lipinski definition) is 3. The Hall–Kier alpha value is -0.0300. The highest BCUT2D eigenvalue weighted by Crippen LogP contribution is 1.94. The lowest BCUT2D eigenvalue weighted by molar-refractivity contribution is -0.689. The molecule has 0 aliphatic rings. The smallest absolute Gasteiger partial charge is 0.101 e. The van der Waals surface area contributed by atoms with E-state index in [1.54, 1.807) is 0 Å². The second-order valence-electron chi connectivity index (χ2n) is 4.55. The first-order valence-corrected chi connectivity index (χ1v) is 6.90. The number of benzene rings is 1. The molecule has 0 amide bonds. The van der Waals surface area contributed by atoms with Crippen molar-refractivity contribution in [2.75, 3.05) is 26.2 Å². The molecule has 7 N–H and O–H groups in total. The molecule has 0 saturated carbocycles. The van der Waals surface area contributed by atoms with E-state index in [9.17, 15) is 0 Å². The number of rotatable bonds is 10. The average Bonchev–Trinajstić information content (AvgIpc) is 2.38. The van der Waals surface area contributed by atoms with Gasteiger partial charge in [0.25, 0.3) is 0 Å². The van der Waals surface area contributed by atoms with E-state index in [0.717, 1.165) is 13.1 Å². The molecule has 0 aliphatic heterocycles. The molecule has 0 fully saturated rings. The lowest BCUT2D eigenvalue weighted by Gasteiger charge is -2.02. The van der Waals surface area contributed by atoms with Crippen LogP contribution >= 0.6 is 0 Å². The van der Waals surface area contributed by atoms with Gasteiger partial charge >= 0.3 is 0 Å². The summed E-state index contributed by atoms with van der Waals surface area (Å²) in [5, 5.41) is 4.84. The van der Waals surface area contributed by atoms with Gasteiger partial charge in [0.15, 0.2) is 0 Å². The summed E-state index contributed by atoms with van der Waals surface area (Å²) in [4.78, 5) is 0. The van der Waals surface area contributed by atoms with Crippen LogP contribution in [0.15, 0.2) is 30.3 Å². The lowest BCUT2D eigenvalue weighted by atomic mass is 10.2. The maximum absolute atomic E-state index is 3.85. The van der Waals surface area contributed by atoms with Crippen LogP contribution in [0.25, 0.3) is 0 Å². The summed E-state index contributed by atoms with van der Waals surface area (Å²) >= 11 is 0. The first kappa shape index (κ1) is 25.0. The van der Waals surface area contributed by atoms with Crippen LogP contribution in [0, 0.1) is 0 Å². The lowest BCUT2D eigenvalue weighted by Crippen LogP contribution is -3.00. The minimum atomic E-state index is 0. The van der Waals surface area contributed by atoms with Gasteiger partial charge in [-0.25, -0.2) is 0 Å². The molecule has 1 rings (SSSR count). The number of hydrogen-bond acceptors (Lipinski definition) is 0. The van der Waals surface area contributed by atoms with Crippen LogP contribution in [-0.2, 0) is 6.54 Å². The summed E-state index contributed by atoms with van der Waals surface area (Å²) < 4.78 is 0. The normalized spacial score (nSPS) is 9.05. The van der Waals surface area contributed by atoms with E-state index in [0.29, 0.717) is 0 Å². The molecule has 0 atom stereocenters. The van der Waals surface area contributed by atoms with E-state index in [-0.39, 0.29) is 37.2 Å². The number of nitrogens with two attached hydrogens (primary N) is 2. The largest absolute Gasteiger partial charge is 1.00 e. The standard InChI is InChI=1S/C14H25N3.3ClH/c15-9-4-5-10-16-11-6-12-17-13-14-7-2-1-3-8-14;;;/h1-3,7-8,16-17H,4-6,9-13,15H2;3*1H. The highest BCUT2D eigenvalue weighted by Gasteiger charge is 1.96. The molecule has 6 heteroatoms. The van der Waals surface area contributed by atoms with Gasteiger partial charge in [0, 0.05) is 24.8 Å². The van der Waals surface area contributed by atoms with Crippen molar-refractivity contribution in [2.24, 2.45) is 0 Å². The van der Waals surface area contributed by atoms with E-state index in [1.165, 1.54) is 44.5 Å². The predicted octanol–water partition coefficient (Wildman–Crippen LogP) is -10.3. The summed E-state index contributed by atoms with van der Waals surface area (Å²) in [7, 11) is 0. The van der Waals surface area contributed by atoms with Crippen LogP contribution < -0.4 is 53.6 Å². The van der Waals surface area contributed by atoms with Crippen LogP contribution in [-0.4, -0.2) is 26.2 Å². The molecule has 3 nitrogen and oxygen atoms in total. The second kappa shape index (κ2) is 19.0. The summed E-state index contributed by atoms with van der Waals surface area (Å²) in [6.45, 7) is 5.97. The third-order valence-electron chi connectivity index (χ3n) is 2.95.